The molecular weight excluding hydrogens is 294 g/mol. The average Bonchev–Trinajstić information content (AvgIpc) is 3.07. The molecule has 0 aliphatic heterocycles. The van der Waals surface area contributed by atoms with Gasteiger partial charge >= 0.3 is 0 Å². The maximum Gasteiger partial charge on any atom is 0.261 e. The Kier molecular flexibility index (Phi) is 3.22. The number of hydrogen-bond donors (Lipinski definition) is 2. The summed E-state index contributed by atoms with van der Waals surface area (Å²) in [5, 5.41) is 13.3. The van der Waals surface area contributed by atoms with Gasteiger partial charge in [-0.05, 0) is 59.9 Å². The normalized spacial score (nSPS) is 14.4. The Morgan fingerprint density at radius 1 is 1.45 bits per heavy atom. The number of carbonyl (C=O) groups is 1. The zero-order chi connectivity index (χ0) is 15.1. The first kappa shape index (κ1) is 13.5. The molecule has 1 aliphatic rings. The molecule has 1 saturated carbocycles. The number of aromatic amines is 1. The molecule has 2 aromatic heterocycles. The van der Waals surface area contributed by atoms with Crippen molar-refractivity contribution in [1.29, 1.82) is 0 Å². The van der Waals surface area contributed by atoms with Crippen LogP contribution in [0.25, 0.3) is 10.9 Å². The van der Waals surface area contributed by atoms with Gasteiger partial charge in [-0.15, -0.1) is 11.3 Å². The zero-order valence-electron chi connectivity index (χ0n) is 12.3. The van der Waals surface area contributed by atoms with Gasteiger partial charge in [0.2, 0.25) is 0 Å². The van der Waals surface area contributed by atoms with Crippen LogP contribution in [0, 0.1) is 6.92 Å². The van der Waals surface area contributed by atoms with Crippen molar-refractivity contribution in [2.45, 2.75) is 32.2 Å². The highest BCUT2D eigenvalue weighted by molar-refractivity contribution is 7.12. The Hall–Kier alpha value is -2.14. The number of nitrogens with one attached hydrogen (secondary N) is 2. The van der Waals surface area contributed by atoms with Crippen molar-refractivity contribution < 1.29 is 4.79 Å². The number of aromatic nitrogens is 2. The van der Waals surface area contributed by atoms with Gasteiger partial charge < -0.3 is 5.32 Å². The molecule has 0 unspecified atom stereocenters. The largest absolute Gasteiger partial charge is 0.347 e. The Morgan fingerprint density at radius 3 is 3.05 bits per heavy atom. The second-order valence-electron chi connectivity index (χ2n) is 5.91. The molecule has 0 bridgehead atoms. The van der Waals surface area contributed by atoms with Gasteiger partial charge in [-0.3, -0.25) is 9.89 Å². The molecule has 112 valence electrons. The summed E-state index contributed by atoms with van der Waals surface area (Å²) in [6, 6.07) is 6.19. The fraction of sp³-hybridized carbons (Fsp3) is 0.294. The molecule has 0 atom stereocenters. The standard InChI is InChI=1S/C17H17N3OS/c1-10-6-16(22-9-10)17(21)18-7-13-12(11-2-3-11)4-5-15-14(13)8-19-20-15/h4-6,8-9,11H,2-3,7H2,1H3,(H,18,21)(H,19,20). The van der Waals surface area contributed by atoms with Gasteiger partial charge in [0.05, 0.1) is 16.6 Å². The lowest BCUT2D eigenvalue weighted by Gasteiger charge is -2.11. The summed E-state index contributed by atoms with van der Waals surface area (Å²) in [6.45, 7) is 2.56. The highest BCUT2D eigenvalue weighted by Crippen LogP contribution is 2.43. The third kappa shape index (κ3) is 2.41. The van der Waals surface area contributed by atoms with Gasteiger partial charge in [-0.2, -0.15) is 5.10 Å². The number of benzene rings is 1. The molecule has 22 heavy (non-hydrogen) atoms. The maximum absolute atomic E-state index is 12.3. The predicted octanol–water partition coefficient (Wildman–Crippen LogP) is 3.74. The lowest BCUT2D eigenvalue weighted by molar-refractivity contribution is 0.0955. The first-order valence-electron chi connectivity index (χ1n) is 7.50. The molecule has 4 rings (SSSR count). The van der Waals surface area contributed by atoms with Gasteiger partial charge in [0.25, 0.3) is 5.91 Å². The van der Waals surface area contributed by atoms with Gasteiger partial charge in [-0.25, -0.2) is 0 Å². The van der Waals surface area contributed by atoms with E-state index in [4.69, 9.17) is 0 Å². The predicted molar refractivity (Wildman–Crippen MR) is 88.3 cm³/mol. The molecule has 5 heteroatoms. The Bertz CT molecular complexity index is 845. The minimum absolute atomic E-state index is 0.000319. The molecule has 4 nitrogen and oxygen atoms in total. The number of thiophene rings is 1. The monoisotopic (exact) mass is 311 g/mol. The summed E-state index contributed by atoms with van der Waals surface area (Å²) < 4.78 is 0. The van der Waals surface area contributed by atoms with Crippen LogP contribution in [-0.2, 0) is 6.54 Å². The fourth-order valence-corrected chi connectivity index (χ4v) is 3.69. The maximum atomic E-state index is 12.3. The summed E-state index contributed by atoms with van der Waals surface area (Å²) in [5.41, 5.74) is 4.72. The zero-order valence-corrected chi connectivity index (χ0v) is 13.2. The Labute approximate surface area is 132 Å². The van der Waals surface area contributed by atoms with Crippen molar-refractivity contribution in [2.75, 3.05) is 0 Å². The van der Waals surface area contributed by atoms with E-state index in [1.54, 1.807) is 0 Å². The van der Waals surface area contributed by atoms with Crippen LogP contribution in [0.3, 0.4) is 0 Å². The summed E-state index contributed by atoms with van der Waals surface area (Å²) in [6.07, 6.45) is 4.35. The topological polar surface area (TPSA) is 57.8 Å². The number of carbonyl (C=O) groups excluding carboxylic acids is 1. The smallest absolute Gasteiger partial charge is 0.261 e. The lowest BCUT2D eigenvalue weighted by Crippen LogP contribution is -2.22. The first-order chi connectivity index (χ1) is 10.7. The Balaban J connectivity index is 1.61. The number of amides is 1. The average molecular weight is 311 g/mol. The van der Waals surface area contributed by atoms with Gasteiger partial charge in [0.15, 0.2) is 0 Å². The van der Waals surface area contributed by atoms with Crippen LogP contribution in [-0.4, -0.2) is 16.1 Å². The number of rotatable bonds is 4. The third-order valence-corrected chi connectivity index (χ3v) is 5.22. The SMILES string of the molecule is Cc1csc(C(=O)NCc2c(C3CC3)ccc3[nH]ncc23)c1. The summed E-state index contributed by atoms with van der Waals surface area (Å²) in [4.78, 5) is 13.0. The van der Waals surface area contributed by atoms with Crippen molar-refractivity contribution >= 4 is 28.1 Å². The molecule has 1 aromatic carbocycles. The van der Waals surface area contributed by atoms with E-state index in [1.165, 1.54) is 35.3 Å². The van der Waals surface area contributed by atoms with Gasteiger partial charge in [-0.1, -0.05) is 6.07 Å². The number of nitrogens with zero attached hydrogens (tertiary/aromatic N) is 1. The van der Waals surface area contributed by atoms with Crippen molar-refractivity contribution in [2.24, 2.45) is 0 Å². The molecular formula is C17H17N3OS. The quantitative estimate of drug-likeness (QED) is 0.771. The molecule has 1 aliphatic carbocycles. The number of aryl methyl sites for hydroxylation is 1. The van der Waals surface area contributed by atoms with Gasteiger partial charge in [0.1, 0.15) is 0 Å². The first-order valence-corrected chi connectivity index (χ1v) is 8.38. The molecule has 0 radical (unpaired) electrons. The summed E-state index contributed by atoms with van der Waals surface area (Å²) >= 11 is 1.49. The lowest BCUT2D eigenvalue weighted by atomic mass is 9.99. The molecule has 2 heterocycles. The molecule has 1 amide bonds. The van der Waals surface area contributed by atoms with Crippen molar-refractivity contribution in [1.82, 2.24) is 15.5 Å². The van der Waals surface area contributed by atoms with E-state index < -0.39 is 0 Å². The van der Waals surface area contributed by atoms with Crippen LogP contribution in [0.1, 0.15) is 45.1 Å². The molecule has 0 saturated heterocycles. The van der Waals surface area contributed by atoms with E-state index in [0.717, 1.165) is 21.3 Å². The van der Waals surface area contributed by atoms with E-state index in [0.29, 0.717) is 12.5 Å². The molecule has 1 fully saturated rings. The minimum atomic E-state index is 0.000319. The second-order valence-corrected chi connectivity index (χ2v) is 6.82. The summed E-state index contributed by atoms with van der Waals surface area (Å²) in [5.74, 6) is 0.649. The molecule has 2 N–H and O–H groups in total. The van der Waals surface area contributed by atoms with Crippen molar-refractivity contribution in [3.63, 3.8) is 0 Å². The van der Waals surface area contributed by atoms with Crippen LogP contribution in [0.15, 0.2) is 29.8 Å². The second kappa shape index (κ2) is 5.25. The molecule has 3 aromatic rings. The third-order valence-electron chi connectivity index (χ3n) is 4.17. The van der Waals surface area contributed by atoms with Gasteiger partial charge in [0, 0.05) is 11.9 Å². The highest BCUT2D eigenvalue weighted by Gasteiger charge is 2.27. The van der Waals surface area contributed by atoms with E-state index >= 15 is 0 Å². The summed E-state index contributed by atoms with van der Waals surface area (Å²) in [7, 11) is 0. The number of H-pyrrole nitrogens is 1. The fourth-order valence-electron chi connectivity index (χ4n) is 2.87. The molecule has 0 spiro atoms. The van der Waals surface area contributed by atoms with E-state index in [2.05, 4.69) is 27.6 Å². The van der Waals surface area contributed by atoms with Crippen LogP contribution in [0.5, 0.6) is 0 Å². The highest BCUT2D eigenvalue weighted by atomic mass is 32.1. The van der Waals surface area contributed by atoms with Crippen molar-refractivity contribution in [3.8, 4) is 0 Å². The number of fused-ring (bicyclic) bond motifs is 1. The van der Waals surface area contributed by atoms with E-state index in [1.807, 2.05) is 24.6 Å². The van der Waals surface area contributed by atoms with E-state index in [9.17, 15) is 4.79 Å². The van der Waals surface area contributed by atoms with Crippen LogP contribution in [0.2, 0.25) is 0 Å². The number of hydrogen-bond acceptors (Lipinski definition) is 3. The van der Waals surface area contributed by atoms with Crippen LogP contribution < -0.4 is 5.32 Å². The van der Waals surface area contributed by atoms with Crippen LogP contribution in [0.4, 0.5) is 0 Å². The minimum Gasteiger partial charge on any atom is -0.347 e. The van der Waals surface area contributed by atoms with Crippen LogP contribution >= 0.6 is 11.3 Å². The van der Waals surface area contributed by atoms with Crippen molar-refractivity contribution in [3.05, 3.63) is 51.3 Å². The van der Waals surface area contributed by atoms with E-state index in [-0.39, 0.29) is 5.91 Å². The Morgan fingerprint density at radius 2 is 2.32 bits per heavy atom.